The van der Waals surface area contributed by atoms with E-state index in [1.807, 2.05) is 7.05 Å². The highest BCUT2D eigenvalue weighted by Gasteiger charge is 2.41. The number of fused-ring (bicyclic) bond motifs is 1. The first-order valence-corrected chi connectivity index (χ1v) is 8.65. The van der Waals surface area contributed by atoms with Crippen LogP contribution < -0.4 is 11.5 Å². The standard InChI is InChI=1S/C16H27N7O3/c1-16(2,24)26-11-6-10(7-22(3)5-4-17)25-15(11)23-9-21-12-13(18)19-8-20-14(12)23/h8-11,15,24H,4-7,17H2,1-3H3,(H2,18,19,20)/t10-,11+,15+/m0/s1. The number of nitrogens with zero attached hydrogens (tertiary/aromatic N) is 5. The summed E-state index contributed by atoms with van der Waals surface area (Å²) in [6.45, 7) is 5.27. The Hall–Kier alpha value is -1.85. The third-order valence-corrected chi connectivity index (χ3v) is 4.27. The van der Waals surface area contributed by atoms with Crippen molar-refractivity contribution in [2.24, 2.45) is 5.73 Å². The molecule has 1 aliphatic rings. The van der Waals surface area contributed by atoms with Crippen molar-refractivity contribution in [3.05, 3.63) is 12.7 Å². The average molecular weight is 365 g/mol. The van der Waals surface area contributed by atoms with Crippen molar-refractivity contribution in [3.8, 4) is 0 Å². The van der Waals surface area contributed by atoms with Crippen molar-refractivity contribution < 1.29 is 14.6 Å². The number of ether oxygens (including phenoxy) is 2. The normalized spacial score (nSPS) is 24.0. The summed E-state index contributed by atoms with van der Waals surface area (Å²) in [5.74, 6) is -0.972. The molecule has 10 nitrogen and oxygen atoms in total. The first-order chi connectivity index (χ1) is 12.3. The van der Waals surface area contributed by atoms with E-state index in [1.165, 1.54) is 6.33 Å². The Bertz CT molecular complexity index is 745. The Morgan fingerprint density at radius 2 is 2.19 bits per heavy atom. The van der Waals surface area contributed by atoms with Gasteiger partial charge in [0.05, 0.1) is 12.4 Å². The quantitative estimate of drug-likeness (QED) is 0.564. The van der Waals surface area contributed by atoms with Crippen LogP contribution in [0.3, 0.4) is 0 Å². The SMILES string of the molecule is CN(CCN)C[C@@H]1C[C@@H](OC(C)(C)O)[C@H](n2cnc3c(N)ncnc32)O1. The van der Waals surface area contributed by atoms with Gasteiger partial charge in [0.1, 0.15) is 17.9 Å². The first-order valence-electron chi connectivity index (χ1n) is 8.65. The minimum atomic E-state index is -1.28. The number of hydrogen-bond donors (Lipinski definition) is 3. The lowest BCUT2D eigenvalue weighted by atomic mass is 10.1. The molecule has 0 bridgehead atoms. The molecule has 3 atom stereocenters. The van der Waals surface area contributed by atoms with Crippen LogP contribution in [-0.2, 0) is 9.47 Å². The van der Waals surface area contributed by atoms with Crippen molar-refractivity contribution in [3.63, 3.8) is 0 Å². The highest BCUT2D eigenvalue weighted by atomic mass is 16.7. The molecule has 2 aromatic heterocycles. The molecule has 26 heavy (non-hydrogen) atoms. The number of nitrogen functional groups attached to an aromatic ring is 1. The van der Waals surface area contributed by atoms with Gasteiger partial charge in [0.25, 0.3) is 0 Å². The van der Waals surface area contributed by atoms with E-state index in [1.54, 1.807) is 24.7 Å². The monoisotopic (exact) mass is 365 g/mol. The number of imidazole rings is 1. The highest BCUT2D eigenvalue weighted by Crippen LogP contribution is 2.35. The molecule has 3 heterocycles. The number of aromatic nitrogens is 4. The van der Waals surface area contributed by atoms with E-state index in [0.29, 0.717) is 36.5 Å². The molecule has 0 spiro atoms. The van der Waals surface area contributed by atoms with Crippen molar-refractivity contribution in [1.29, 1.82) is 0 Å². The van der Waals surface area contributed by atoms with E-state index in [2.05, 4.69) is 19.9 Å². The van der Waals surface area contributed by atoms with Gasteiger partial charge in [0, 0.05) is 26.1 Å². The highest BCUT2D eigenvalue weighted by molar-refractivity contribution is 5.81. The number of likely N-dealkylation sites (N-methyl/N-ethyl adjacent to an activating group) is 1. The minimum absolute atomic E-state index is 0.0689. The summed E-state index contributed by atoms with van der Waals surface area (Å²) in [5, 5.41) is 10.1. The third kappa shape index (κ3) is 4.10. The second kappa shape index (κ2) is 7.41. The molecule has 2 aromatic rings. The molecule has 0 amide bonds. The fourth-order valence-corrected chi connectivity index (χ4v) is 3.27. The molecule has 0 aliphatic carbocycles. The van der Waals surface area contributed by atoms with Gasteiger partial charge in [-0.05, 0) is 20.9 Å². The molecule has 1 aliphatic heterocycles. The second-order valence-corrected chi connectivity index (χ2v) is 7.12. The molecule has 5 N–H and O–H groups in total. The molecule has 10 heteroatoms. The van der Waals surface area contributed by atoms with Crippen LogP contribution in [0.1, 0.15) is 26.5 Å². The van der Waals surface area contributed by atoms with Crippen LogP contribution in [0, 0.1) is 0 Å². The lowest BCUT2D eigenvalue weighted by molar-refractivity contribution is -0.222. The summed E-state index contributed by atoms with van der Waals surface area (Å²) in [7, 11) is 2.00. The van der Waals surface area contributed by atoms with Gasteiger partial charge in [0.15, 0.2) is 23.5 Å². The number of aliphatic hydroxyl groups is 1. The molecule has 144 valence electrons. The minimum Gasteiger partial charge on any atom is -0.382 e. The second-order valence-electron chi connectivity index (χ2n) is 7.12. The number of nitrogens with two attached hydrogens (primary N) is 2. The summed E-state index contributed by atoms with van der Waals surface area (Å²) in [6.07, 6.45) is 2.73. The van der Waals surface area contributed by atoms with Gasteiger partial charge < -0.3 is 30.9 Å². The van der Waals surface area contributed by atoms with Crippen molar-refractivity contribution in [1.82, 2.24) is 24.4 Å². The van der Waals surface area contributed by atoms with Gasteiger partial charge in [-0.3, -0.25) is 4.57 Å². The van der Waals surface area contributed by atoms with Crippen LogP contribution in [0.4, 0.5) is 5.82 Å². The number of hydrogen-bond acceptors (Lipinski definition) is 9. The zero-order chi connectivity index (χ0) is 18.9. The van der Waals surface area contributed by atoms with E-state index >= 15 is 0 Å². The van der Waals surface area contributed by atoms with Gasteiger partial charge in [-0.25, -0.2) is 15.0 Å². The van der Waals surface area contributed by atoms with Crippen molar-refractivity contribution in [2.75, 3.05) is 32.4 Å². The topological polar surface area (TPSA) is 138 Å². The van der Waals surface area contributed by atoms with Crippen LogP contribution in [-0.4, -0.2) is 74.2 Å². The predicted molar refractivity (Wildman–Crippen MR) is 96.0 cm³/mol. The zero-order valence-electron chi connectivity index (χ0n) is 15.4. The van der Waals surface area contributed by atoms with Crippen LogP contribution in [0.25, 0.3) is 11.2 Å². The van der Waals surface area contributed by atoms with Crippen LogP contribution in [0.5, 0.6) is 0 Å². The third-order valence-electron chi connectivity index (χ3n) is 4.27. The summed E-state index contributed by atoms with van der Waals surface area (Å²) in [4.78, 5) is 14.6. The van der Waals surface area contributed by atoms with E-state index in [4.69, 9.17) is 20.9 Å². The van der Waals surface area contributed by atoms with Crippen molar-refractivity contribution in [2.45, 2.75) is 44.5 Å². The zero-order valence-corrected chi connectivity index (χ0v) is 15.4. The van der Waals surface area contributed by atoms with Gasteiger partial charge >= 0.3 is 0 Å². The smallest absolute Gasteiger partial charge is 0.167 e. The molecule has 1 fully saturated rings. The molecule has 0 unspecified atom stereocenters. The summed E-state index contributed by atoms with van der Waals surface area (Å²) in [5.41, 5.74) is 12.6. The Kier molecular flexibility index (Phi) is 5.39. The molecule has 0 radical (unpaired) electrons. The molecular weight excluding hydrogens is 338 g/mol. The van der Waals surface area contributed by atoms with E-state index < -0.39 is 12.0 Å². The lowest BCUT2D eigenvalue weighted by Gasteiger charge is -2.27. The van der Waals surface area contributed by atoms with Crippen molar-refractivity contribution >= 4 is 17.0 Å². The van der Waals surface area contributed by atoms with Gasteiger partial charge in [-0.15, -0.1) is 0 Å². The largest absolute Gasteiger partial charge is 0.382 e. The lowest BCUT2D eigenvalue weighted by Crippen LogP contribution is -2.34. The number of rotatable bonds is 7. The van der Waals surface area contributed by atoms with E-state index in [-0.39, 0.29) is 12.2 Å². The molecule has 1 saturated heterocycles. The first kappa shape index (κ1) is 18.9. The Balaban J connectivity index is 1.87. The van der Waals surface area contributed by atoms with Crippen LogP contribution in [0.15, 0.2) is 12.7 Å². The van der Waals surface area contributed by atoms with E-state index in [0.717, 1.165) is 6.54 Å². The summed E-state index contributed by atoms with van der Waals surface area (Å²) < 4.78 is 13.9. The maximum absolute atomic E-state index is 10.1. The Labute approximate surface area is 152 Å². The van der Waals surface area contributed by atoms with Gasteiger partial charge in [-0.2, -0.15) is 0 Å². The van der Waals surface area contributed by atoms with E-state index in [9.17, 15) is 5.11 Å². The van der Waals surface area contributed by atoms with Gasteiger partial charge in [-0.1, -0.05) is 0 Å². The molecular formula is C16H27N7O3. The maximum Gasteiger partial charge on any atom is 0.167 e. The maximum atomic E-state index is 10.1. The number of anilines is 1. The fraction of sp³-hybridized carbons (Fsp3) is 0.688. The molecule has 0 aromatic carbocycles. The van der Waals surface area contributed by atoms with Gasteiger partial charge in [0.2, 0.25) is 0 Å². The van der Waals surface area contributed by atoms with Crippen LogP contribution in [0.2, 0.25) is 0 Å². The molecule has 3 rings (SSSR count). The predicted octanol–water partition coefficient (Wildman–Crippen LogP) is -0.300. The average Bonchev–Trinajstić information content (AvgIpc) is 3.10. The fourth-order valence-electron chi connectivity index (χ4n) is 3.27. The van der Waals surface area contributed by atoms with Crippen LogP contribution >= 0.6 is 0 Å². The Morgan fingerprint density at radius 1 is 1.42 bits per heavy atom. The Morgan fingerprint density at radius 3 is 2.88 bits per heavy atom. The summed E-state index contributed by atoms with van der Waals surface area (Å²) >= 11 is 0. The molecule has 0 saturated carbocycles. The summed E-state index contributed by atoms with van der Waals surface area (Å²) in [6, 6.07) is 0.